The fraction of sp³-hybridized carbons (Fsp3) is 0.500. The summed E-state index contributed by atoms with van der Waals surface area (Å²) in [4.78, 5) is 17.8. The number of pyridine rings is 1. The average molecular weight is 236 g/mol. The number of hydrogen-bond acceptors (Lipinski definition) is 4. The van der Waals surface area contributed by atoms with E-state index in [9.17, 15) is 4.79 Å². The zero-order valence-corrected chi connectivity index (χ0v) is 10.6. The Balaban J connectivity index is 2.67. The van der Waals surface area contributed by atoms with Crippen molar-refractivity contribution in [2.45, 2.75) is 20.3 Å². The van der Waals surface area contributed by atoms with E-state index in [0.717, 1.165) is 13.0 Å². The van der Waals surface area contributed by atoms with Crippen molar-refractivity contribution in [3.05, 3.63) is 24.0 Å². The Morgan fingerprint density at radius 3 is 2.88 bits per heavy atom. The number of hydrazine groups is 1. The molecule has 1 aromatic heterocycles. The third-order valence-corrected chi connectivity index (χ3v) is 2.53. The fourth-order valence-corrected chi connectivity index (χ4v) is 1.39. The van der Waals surface area contributed by atoms with Gasteiger partial charge in [-0.15, -0.1) is 0 Å². The Morgan fingerprint density at radius 1 is 1.59 bits per heavy atom. The van der Waals surface area contributed by atoms with Crippen LogP contribution in [0.1, 0.15) is 30.8 Å². The van der Waals surface area contributed by atoms with Crippen LogP contribution in [0.3, 0.4) is 0 Å². The van der Waals surface area contributed by atoms with E-state index in [1.54, 1.807) is 30.3 Å². The van der Waals surface area contributed by atoms with Crippen molar-refractivity contribution < 1.29 is 4.79 Å². The topological polar surface area (TPSA) is 71.2 Å². The maximum absolute atomic E-state index is 12.0. The Morgan fingerprint density at radius 2 is 2.29 bits per heavy atom. The molecule has 94 valence electrons. The van der Waals surface area contributed by atoms with E-state index in [1.807, 2.05) is 0 Å². The first-order valence-electron chi connectivity index (χ1n) is 5.72. The van der Waals surface area contributed by atoms with E-state index in [4.69, 9.17) is 5.84 Å². The lowest BCUT2D eigenvalue weighted by Gasteiger charge is -2.18. The largest absolute Gasteiger partial charge is 0.340 e. The lowest BCUT2D eigenvalue weighted by atomic mass is 10.1. The molecule has 0 saturated carbocycles. The summed E-state index contributed by atoms with van der Waals surface area (Å²) in [6, 6.07) is 3.36. The number of nitrogens with zero attached hydrogens (tertiary/aromatic N) is 2. The van der Waals surface area contributed by atoms with Crippen LogP contribution in [0.5, 0.6) is 0 Å². The summed E-state index contributed by atoms with van der Waals surface area (Å²) in [5.41, 5.74) is 3.59. The molecule has 0 aliphatic rings. The second kappa shape index (κ2) is 6.20. The van der Waals surface area contributed by atoms with Crippen molar-refractivity contribution in [1.29, 1.82) is 0 Å². The monoisotopic (exact) mass is 236 g/mol. The maximum atomic E-state index is 12.0. The van der Waals surface area contributed by atoms with Crippen LogP contribution in [0.15, 0.2) is 18.3 Å². The molecule has 0 saturated heterocycles. The quantitative estimate of drug-likeness (QED) is 0.600. The van der Waals surface area contributed by atoms with Gasteiger partial charge in [-0.25, -0.2) is 0 Å². The maximum Gasteiger partial charge on any atom is 0.272 e. The number of nitrogens with one attached hydrogen (secondary N) is 1. The van der Waals surface area contributed by atoms with Gasteiger partial charge in [-0.2, -0.15) is 0 Å². The highest BCUT2D eigenvalue weighted by Gasteiger charge is 2.13. The molecule has 17 heavy (non-hydrogen) atoms. The van der Waals surface area contributed by atoms with Crippen LogP contribution in [0, 0.1) is 5.92 Å². The van der Waals surface area contributed by atoms with Gasteiger partial charge in [-0.3, -0.25) is 15.6 Å². The Labute approximate surface area is 102 Å². The molecule has 0 bridgehead atoms. The first-order valence-corrected chi connectivity index (χ1v) is 5.72. The SMILES string of the molecule is CC(C)CCN(C)C(=O)c1cc(NN)ccn1. The van der Waals surface area contributed by atoms with Crippen molar-refractivity contribution in [3.8, 4) is 0 Å². The number of carbonyl (C=O) groups excluding carboxylic acids is 1. The summed E-state index contributed by atoms with van der Waals surface area (Å²) >= 11 is 0. The molecular weight excluding hydrogens is 216 g/mol. The van der Waals surface area contributed by atoms with Crippen LogP contribution >= 0.6 is 0 Å². The number of nitrogen functional groups attached to an aromatic ring is 1. The molecule has 0 spiro atoms. The molecule has 1 aromatic rings. The van der Waals surface area contributed by atoms with Crippen LogP contribution in [0.25, 0.3) is 0 Å². The molecule has 5 heteroatoms. The summed E-state index contributed by atoms with van der Waals surface area (Å²) in [5.74, 6) is 5.79. The van der Waals surface area contributed by atoms with Gasteiger partial charge in [-0.05, 0) is 24.5 Å². The zero-order chi connectivity index (χ0) is 12.8. The molecule has 0 atom stereocenters. The van der Waals surface area contributed by atoms with Crippen LogP contribution in [-0.2, 0) is 0 Å². The molecule has 1 amide bonds. The summed E-state index contributed by atoms with van der Waals surface area (Å²) in [7, 11) is 1.79. The molecule has 1 heterocycles. The van der Waals surface area contributed by atoms with Gasteiger partial charge >= 0.3 is 0 Å². The van der Waals surface area contributed by atoms with Crippen LogP contribution in [-0.4, -0.2) is 29.4 Å². The highest BCUT2D eigenvalue weighted by atomic mass is 16.2. The number of hydrogen-bond donors (Lipinski definition) is 2. The third kappa shape index (κ3) is 4.03. The number of rotatable bonds is 5. The average Bonchev–Trinajstić information content (AvgIpc) is 2.35. The number of aromatic nitrogens is 1. The molecule has 0 aromatic carbocycles. The Hall–Kier alpha value is -1.62. The summed E-state index contributed by atoms with van der Waals surface area (Å²) < 4.78 is 0. The number of amides is 1. The first-order chi connectivity index (χ1) is 8.04. The molecule has 0 aliphatic carbocycles. The molecule has 0 fully saturated rings. The van der Waals surface area contributed by atoms with Gasteiger partial charge < -0.3 is 10.3 Å². The predicted molar refractivity (Wildman–Crippen MR) is 68.5 cm³/mol. The van der Waals surface area contributed by atoms with Crippen molar-refractivity contribution in [3.63, 3.8) is 0 Å². The zero-order valence-electron chi connectivity index (χ0n) is 10.6. The highest BCUT2D eigenvalue weighted by molar-refractivity contribution is 5.92. The van der Waals surface area contributed by atoms with Gasteiger partial charge in [0.15, 0.2) is 0 Å². The number of nitrogens with two attached hydrogens (primary N) is 1. The van der Waals surface area contributed by atoms with E-state index in [0.29, 0.717) is 17.3 Å². The van der Waals surface area contributed by atoms with E-state index in [1.165, 1.54) is 0 Å². The summed E-state index contributed by atoms with van der Waals surface area (Å²) in [6.07, 6.45) is 2.55. The smallest absolute Gasteiger partial charge is 0.272 e. The van der Waals surface area contributed by atoms with Crippen LogP contribution in [0.4, 0.5) is 5.69 Å². The van der Waals surface area contributed by atoms with Crippen molar-refractivity contribution in [2.75, 3.05) is 19.0 Å². The van der Waals surface area contributed by atoms with Gasteiger partial charge in [0.25, 0.3) is 5.91 Å². The third-order valence-electron chi connectivity index (χ3n) is 2.53. The highest BCUT2D eigenvalue weighted by Crippen LogP contribution is 2.09. The second-order valence-electron chi connectivity index (χ2n) is 4.48. The Bertz CT molecular complexity index is 379. The molecule has 0 radical (unpaired) electrons. The molecule has 0 aliphatic heterocycles. The predicted octanol–water partition coefficient (Wildman–Crippen LogP) is 1.49. The van der Waals surface area contributed by atoms with E-state index in [-0.39, 0.29) is 5.91 Å². The lowest BCUT2D eigenvalue weighted by Crippen LogP contribution is -2.29. The minimum Gasteiger partial charge on any atom is -0.340 e. The van der Waals surface area contributed by atoms with Gasteiger partial charge in [0.2, 0.25) is 0 Å². The van der Waals surface area contributed by atoms with Gasteiger partial charge in [0, 0.05) is 19.8 Å². The number of anilines is 1. The van der Waals surface area contributed by atoms with E-state index in [2.05, 4.69) is 24.3 Å². The van der Waals surface area contributed by atoms with E-state index < -0.39 is 0 Å². The summed E-state index contributed by atoms with van der Waals surface area (Å²) in [6.45, 7) is 5.00. The standard InChI is InChI=1S/C12H20N4O/c1-9(2)5-7-16(3)12(17)11-8-10(15-13)4-6-14-11/h4,6,8-9H,5,7,13H2,1-3H3,(H,14,15). The minimum absolute atomic E-state index is 0.0808. The Kier molecular flexibility index (Phi) is 4.90. The van der Waals surface area contributed by atoms with Crippen molar-refractivity contribution >= 4 is 11.6 Å². The first kappa shape index (κ1) is 13.4. The van der Waals surface area contributed by atoms with Gasteiger partial charge in [-0.1, -0.05) is 13.8 Å². The normalized spacial score (nSPS) is 10.4. The molecular formula is C12H20N4O. The molecule has 3 N–H and O–H groups in total. The molecule has 5 nitrogen and oxygen atoms in total. The minimum atomic E-state index is -0.0808. The number of carbonyl (C=O) groups is 1. The van der Waals surface area contributed by atoms with Crippen LogP contribution < -0.4 is 11.3 Å². The molecule has 1 rings (SSSR count). The summed E-state index contributed by atoms with van der Waals surface area (Å²) in [5, 5.41) is 0. The van der Waals surface area contributed by atoms with Gasteiger partial charge in [0.1, 0.15) is 5.69 Å². The van der Waals surface area contributed by atoms with Crippen LogP contribution in [0.2, 0.25) is 0 Å². The molecule has 0 unspecified atom stereocenters. The van der Waals surface area contributed by atoms with E-state index >= 15 is 0 Å². The fourth-order valence-electron chi connectivity index (χ4n) is 1.39. The lowest BCUT2D eigenvalue weighted by molar-refractivity contribution is 0.0783. The van der Waals surface area contributed by atoms with Crippen molar-refractivity contribution in [2.24, 2.45) is 11.8 Å². The second-order valence-corrected chi connectivity index (χ2v) is 4.48. The van der Waals surface area contributed by atoms with Crippen molar-refractivity contribution in [1.82, 2.24) is 9.88 Å². The van der Waals surface area contributed by atoms with Gasteiger partial charge in [0.05, 0.1) is 5.69 Å².